The molecular formula is C18H33N. The Hall–Kier alpha value is -0.0400. The van der Waals surface area contributed by atoms with Gasteiger partial charge in [-0.1, -0.05) is 52.9 Å². The van der Waals surface area contributed by atoms with Crippen molar-refractivity contribution in [1.82, 2.24) is 5.32 Å². The van der Waals surface area contributed by atoms with E-state index in [0.717, 1.165) is 17.9 Å². The molecule has 110 valence electrons. The highest BCUT2D eigenvalue weighted by Crippen LogP contribution is 2.62. The molecule has 0 heterocycles. The van der Waals surface area contributed by atoms with E-state index in [2.05, 4.69) is 26.1 Å². The van der Waals surface area contributed by atoms with Crippen molar-refractivity contribution in [3.8, 4) is 0 Å². The number of hydrogen-bond donors (Lipinski definition) is 1. The largest absolute Gasteiger partial charge is 0.313 e. The second-order valence-electron chi connectivity index (χ2n) is 8.59. The molecule has 3 aliphatic rings. The van der Waals surface area contributed by atoms with Crippen molar-refractivity contribution in [2.45, 2.75) is 84.6 Å². The van der Waals surface area contributed by atoms with Gasteiger partial charge in [-0.25, -0.2) is 0 Å². The molecule has 0 saturated heterocycles. The molecule has 1 nitrogen and oxygen atoms in total. The summed E-state index contributed by atoms with van der Waals surface area (Å²) >= 11 is 0. The molecule has 3 aliphatic carbocycles. The Labute approximate surface area is 119 Å². The smallest absolute Gasteiger partial charge is 0.0175 e. The maximum absolute atomic E-state index is 3.99. The highest BCUT2D eigenvalue weighted by Gasteiger charge is 2.58. The number of nitrogens with one attached hydrogen (secondary N) is 1. The fourth-order valence-electron chi connectivity index (χ4n) is 5.72. The van der Waals surface area contributed by atoms with Crippen LogP contribution in [-0.4, -0.2) is 12.6 Å². The predicted octanol–water partition coefficient (Wildman–Crippen LogP) is 4.76. The van der Waals surface area contributed by atoms with E-state index in [-0.39, 0.29) is 0 Å². The van der Waals surface area contributed by atoms with Crippen LogP contribution >= 0.6 is 0 Å². The zero-order valence-corrected chi connectivity index (χ0v) is 13.3. The van der Waals surface area contributed by atoms with E-state index in [1.54, 1.807) is 0 Å². The van der Waals surface area contributed by atoms with Crippen molar-refractivity contribution in [2.75, 3.05) is 6.54 Å². The average Bonchev–Trinajstić information content (AvgIpc) is 2.86. The zero-order chi connectivity index (χ0) is 13.5. The van der Waals surface area contributed by atoms with Gasteiger partial charge in [-0.2, -0.15) is 0 Å². The molecule has 0 aromatic rings. The van der Waals surface area contributed by atoms with Gasteiger partial charge in [0.15, 0.2) is 0 Å². The maximum Gasteiger partial charge on any atom is 0.0175 e. The van der Waals surface area contributed by atoms with Gasteiger partial charge in [0.2, 0.25) is 0 Å². The van der Waals surface area contributed by atoms with Gasteiger partial charge in [-0.3, -0.25) is 0 Å². The summed E-state index contributed by atoms with van der Waals surface area (Å²) in [5, 5.41) is 3.99. The molecule has 3 fully saturated rings. The van der Waals surface area contributed by atoms with Crippen LogP contribution in [0.3, 0.4) is 0 Å². The number of rotatable bonds is 4. The lowest BCUT2D eigenvalue weighted by atomic mass is 9.68. The molecule has 0 aromatic heterocycles. The van der Waals surface area contributed by atoms with Crippen molar-refractivity contribution >= 4 is 0 Å². The molecule has 1 heteroatoms. The Kier molecular flexibility index (Phi) is 3.71. The van der Waals surface area contributed by atoms with Gasteiger partial charge in [0.1, 0.15) is 0 Å². The highest BCUT2D eigenvalue weighted by atomic mass is 15.0. The summed E-state index contributed by atoms with van der Waals surface area (Å²) < 4.78 is 0. The minimum atomic E-state index is 0.527. The van der Waals surface area contributed by atoms with Crippen LogP contribution < -0.4 is 5.32 Å². The van der Waals surface area contributed by atoms with Crippen molar-refractivity contribution in [3.63, 3.8) is 0 Å². The van der Waals surface area contributed by atoms with E-state index in [1.165, 1.54) is 64.3 Å². The van der Waals surface area contributed by atoms with E-state index in [9.17, 15) is 0 Å². The first-order valence-corrected chi connectivity index (χ1v) is 8.76. The van der Waals surface area contributed by atoms with Crippen molar-refractivity contribution in [1.29, 1.82) is 0 Å². The molecule has 3 rings (SSSR count). The molecule has 2 bridgehead atoms. The van der Waals surface area contributed by atoms with Crippen LogP contribution in [0.25, 0.3) is 0 Å². The molecule has 3 atom stereocenters. The maximum atomic E-state index is 3.99. The fraction of sp³-hybridized carbons (Fsp3) is 1.00. The molecular weight excluding hydrogens is 230 g/mol. The fourth-order valence-corrected chi connectivity index (χ4v) is 5.72. The SMILES string of the molecule is CC1(C)C(NCCC2CCCCC2)[C@]2(C)CC[C@H]1C2. The van der Waals surface area contributed by atoms with Crippen LogP contribution in [0.1, 0.15) is 78.6 Å². The van der Waals surface area contributed by atoms with Gasteiger partial charge in [-0.15, -0.1) is 0 Å². The molecule has 3 saturated carbocycles. The lowest BCUT2D eigenvalue weighted by molar-refractivity contribution is 0.107. The summed E-state index contributed by atoms with van der Waals surface area (Å²) in [6.45, 7) is 8.84. The first kappa shape index (κ1) is 13.9. The molecule has 0 aromatic carbocycles. The second-order valence-corrected chi connectivity index (χ2v) is 8.59. The third-order valence-electron chi connectivity index (χ3n) is 6.90. The summed E-state index contributed by atoms with van der Waals surface area (Å²) in [6.07, 6.45) is 13.3. The predicted molar refractivity (Wildman–Crippen MR) is 82.2 cm³/mol. The summed E-state index contributed by atoms with van der Waals surface area (Å²) in [7, 11) is 0. The van der Waals surface area contributed by atoms with Crippen molar-refractivity contribution < 1.29 is 0 Å². The molecule has 0 spiro atoms. The summed E-state index contributed by atoms with van der Waals surface area (Å²) in [5.41, 5.74) is 1.13. The summed E-state index contributed by atoms with van der Waals surface area (Å²) in [5.74, 6) is 2.00. The van der Waals surface area contributed by atoms with E-state index >= 15 is 0 Å². The van der Waals surface area contributed by atoms with Crippen LogP contribution in [-0.2, 0) is 0 Å². The Balaban J connectivity index is 1.52. The first-order chi connectivity index (χ1) is 9.02. The molecule has 1 N–H and O–H groups in total. The van der Waals surface area contributed by atoms with Crippen LogP contribution in [0.5, 0.6) is 0 Å². The van der Waals surface area contributed by atoms with Crippen LogP contribution in [0, 0.1) is 22.7 Å². The molecule has 0 aliphatic heterocycles. The van der Waals surface area contributed by atoms with E-state index in [1.807, 2.05) is 0 Å². The van der Waals surface area contributed by atoms with Crippen LogP contribution in [0.15, 0.2) is 0 Å². The minimum absolute atomic E-state index is 0.527. The van der Waals surface area contributed by atoms with Gasteiger partial charge < -0.3 is 5.32 Å². The van der Waals surface area contributed by atoms with Gasteiger partial charge in [0.25, 0.3) is 0 Å². The molecule has 19 heavy (non-hydrogen) atoms. The van der Waals surface area contributed by atoms with Crippen LogP contribution in [0.2, 0.25) is 0 Å². The average molecular weight is 263 g/mol. The Morgan fingerprint density at radius 2 is 1.74 bits per heavy atom. The minimum Gasteiger partial charge on any atom is -0.313 e. The van der Waals surface area contributed by atoms with E-state index < -0.39 is 0 Å². The first-order valence-electron chi connectivity index (χ1n) is 8.76. The highest BCUT2D eigenvalue weighted by molar-refractivity contribution is 5.11. The van der Waals surface area contributed by atoms with Gasteiger partial charge in [-0.05, 0) is 54.9 Å². The van der Waals surface area contributed by atoms with Crippen molar-refractivity contribution in [3.05, 3.63) is 0 Å². The quantitative estimate of drug-likeness (QED) is 0.771. The number of hydrogen-bond acceptors (Lipinski definition) is 1. The Bertz CT molecular complexity index is 311. The third kappa shape index (κ3) is 2.48. The molecule has 1 unspecified atom stereocenters. The number of fused-ring (bicyclic) bond motifs is 2. The normalized spacial score (nSPS) is 41.8. The van der Waals surface area contributed by atoms with Crippen LogP contribution in [0.4, 0.5) is 0 Å². The van der Waals surface area contributed by atoms with Gasteiger partial charge >= 0.3 is 0 Å². The van der Waals surface area contributed by atoms with Gasteiger partial charge in [0, 0.05) is 6.04 Å². The molecule has 0 radical (unpaired) electrons. The Morgan fingerprint density at radius 1 is 1.00 bits per heavy atom. The van der Waals surface area contributed by atoms with Crippen molar-refractivity contribution in [2.24, 2.45) is 22.7 Å². The summed E-state index contributed by atoms with van der Waals surface area (Å²) in [6, 6.07) is 0.766. The monoisotopic (exact) mass is 263 g/mol. The second kappa shape index (κ2) is 5.06. The zero-order valence-electron chi connectivity index (χ0n) is 13.3. The van der Waals surface area contributed by atoms with E-state index in [0.29, 0.717) is 10.8 Å². The lowest BCUT2D eigenvalue weighted by Gasteiger charge is -2.43. The Morgan fingerprint density at radius 3 is 2.37 bits per heavy atom. The standard InChI is InChI=1S/C18H33N/c1-17(2)15-9-11-18(3,13-15)16(17)19-12-10-14-7-5-4-6-8-14/h14-16,19H,4-13H2,1-3H3/t15-,16?,18+/m0/s1. The topological polar surface area (TPSA) is 12.0 Å². The summed E-state index contributed by atoms with van der Waals surface area (Å²) in [4.78, 5) is 0. The van der Waals surface area contributed by atoms with E-state index in [4.69, 9.17) is 0 Å². The lowest BCUT2D eigenvalue weighted by Crippen LogP contribution is -2.50. The molecule has 0 amide bonds. The third-order valence-corrected chi connectivity index (χ3v) is 6.90. The van der Waals surface area contributed by atoms with Gasteiger partial charge in [0.05, 0.1) is 0 Å².